The third-order valence-electron chi connectivity index (χ3n) is 1.93. The van der Waals surface area contributed by atoms with Gasteiger partial charge in [-0.1, -0.05) is 24.3 Å². The molecule has 0 heterocycles. The van der Waals surface area contributed by atoms with Gasteiger partial charge in [0.05, 0.1) is 5.56 Å². The minimum absolute atomic E-state index is 0.279. The van der Waals surface area contributed by atoms with E-state index in [1.165, 1.54) is 6.08 Å². The van der Waals surface area contributed by atoms with Gasteiger partial charge in [-0.3, -0.25) is 0 Å². The van der Waals surface area contributed by atoms with Gasteiger partial charge in [-0.25, -0.2) is 9.59 Å². The molecule has 0 fully saturated rings. The van der Waals surface area contributed by atoms with Crippen LogP contribution in [0.5, 0.6) is 0 Å². The molecule has 16 heavy (non-hydrogen) atoms. The molecule has 0 bridgehead atoms. The van der Waals surface area contributed by atoms with E-state index in [1.54, 1.807) is 30.3 Å². The van der Waals surface area contributed by atoms with Crippen molar-refractivity contribution < 1.29 is 14.3 Å². The van der Waals surface area contributed by atoms with Gasteiger partial charge in [-0.15, -0.1) is 6.58 Å². The molecule has 0 aliphatic rings. The number of benzene rings is 1. The normalized spacial score (nSPS) is 11.6. The molecule has 2 N–H and O–H groups in total. The summed E-state index contributed by atoms with van der Waals surface area (Å²) >= 11 is 0. The summed E-state index contributed by atoms with van der Waals surface area (Å²) in [5.74, 6) is -1.43. The molecule has 0 radical (unpaired) electrons. The standard InChI is InChI=1S/C12H13NO3/c1-2-6-10(13)12(15)16-11(14)9-7-4-3-5-8-9/h2-5,7-8,10H,1,6,13H2. The van der Waals surface area contributed by atoms with Crippen molar-refractivity contribution in [3.8, 4) is 0 Å². The molecule has 0 spiro atoms. The SMILES string of the molecule is C=CCC(N)C(=O)OC(=O)c1ccccc1. The number of nitrogens with two attached hydrogens (primary N) is 1. The summed E-state index contributed by atoms with van der Waals surface area (Å²) in [4.78, 5) is 22.7. The largest absolute Gasteiger partial charge is 0.388 e. The Labute approximate surface area is 93.7 Å². The van der Waals surface area contributed by atoms with Crippen molar-refractivity contribution in [1.29, 1.82) is 0 Å². The third-order valence-corrected chi connectivity index (χ3v) is 1.93. The topological polar surface area (TPSA) is 69.4 Å². The molecule has 84 valence electrons. The quantitative estimate of drug-likeness (QED) is 0.470. The van der Waals surface area contributed by atoms with Crippen LogP contribution in [0, 0.1) is 0 Å². The molecule has 0 saturated heterocycles. The molecule has 0 aliphatic carbocycles. The van der Waals surface area contributed by atoms with E-state index >= 15 is 0 Å². The van der Waals surface area contributed by atoms with E-state index in [1.807, 2.05) is 0 Å². The lowest BCUT2D eigenvalue weighted by Crippen LogP contribution is -2.33. The Morgan fingerprint density at radius 2 is 2.00 bits per heavy atom. The van der Waals surface area contributed by atoms with E-state index in [0.717, 1.165) is 0 Å². The summed E-state index contributed by atoms with van der Waals surface area (Å²) in [5.41, 5.74) is 5.78. The monoisotopic (exact) mass is 219 g/mol. The average Bonchev–Trinajstić information content (AvgIpc) is 2.30. The molecule has 0 amide bonds. The maximum absolute atomic E-state index is 11.4. The highest BCUT2D eigenvalue weighted by Gasteiger charge is 2.18. The first-order valence-electron chi connectivity index (χ1n) is 4.82. The lowest BCUT2D eigenvalue weighted by atomic mass is 10.2. The van der Waals surface area contributed by atoms with Crippen molar-refractivity contribution in [3.63, 3.8) is 0 Å². The highest BCUT2D eigenvalue weighted by molar-refractivity contribution is 5.98. The fourth-order valence-electron chi connectivity index (χ4n) is 1.08. The fourth-order valence-corrected chi connectivity index (χ4v) is 1.08. The molecule has 1 rings (SSSR count). The minimum Gasteiger partial charge on any atom is -0.388 e. The first-order chi connectivity index (χ1) is 7.65. The number of hydrogen-bond donors (Lipinski definition) is 1. The van der Waals surface area contributed by atoms with Crippen molar-refractivity contribution >= 4 is 11.9 Å². The number of carbonyl (C=O) groups is 2. The van der Waals surface area contributed by atoms with E-state index in [4.69, 9.17) is 5.73 Å². The Hall–Kier alpha value is -1.94. The van der Waals surface area contributed by atoms with Crippen LogP contribution in [-0.2, 0) is 9.53 Å². The molecule has 4 nitrogen and oxygen atoms in total. The molecule has 0 aromatic heterocycles. The Morgan fingerprint density at radius 3 is 2.56 bits per heavy atom. The predicted octanol–water partition coefficient (Wildman–Crippen LogP) is 1.27. The Balaban J connectivity index is 2.58. The van der Waals surface area contributed by atoms with Crippen molar-refractivity contribution in [2.24, 2.45) is 5.73 Å². The second-order valence-electron chi connectivity index (χ2n) is 3.21. The number of esters is 2. The first-order valence-corrected chi connectivity index (χ1v) is 4.82. The first kappa shape index (κ1) is 12.1. The summed E-state index contributed by atoms with van der Waals surface area (Å²) in [6, 6.07) is 7.42. The third kappa shape index (κ3) is 3.33. The van der Waals surface area contributed by atoms with Crippen LogP contribution in [0.2, 0.25) is 0 Å². The number of carbonyl (C=O) groups excluding carboxylic acids is 2. The van der Waals surface area contributed by atoms with Gasteiger partial charge < -0.3 is 10.5 Å². The van der Waals surface area contributed by atoms with Crippen LogP contribution in [0.4, 0.5) is 0 Å². The Bertz CT molecular complexity index is 387. The zero-order valence-corrected chi connectivity index (χ0v) is 8.76. The van der Waals surface area contributed by atoms with Crippen LogP contribution in [-0.4, -0.2) is 18.0 Å². The Kier molecular flexibility index (Phi) is 4.42. The molecule has 1 atom stereocenters. The molecular weight excluding hydrogens is 206 g/mol. The average molecular weight is 219 g/mol. The van der Waals surface area contributed by atoms with Gasteiger partial charge in [0.2, 0.25) is 0 Å². The van der Waals surface area contributed by atoms with Crippen molar-refractivity contribution in [2.75, 3.05) is 0 Å². The summed E-state index contributed by atoms with van der Waals surface area (Å²) in [7, 11) is 0. The highest BCUT2D eigenvalue weighted by Crippen LogP contribution is 2.03. The van der Waals surface area contributed by atoms with E-state index in [-0.39, 0.29) is 6.42 Å². The molecule has 0 saturated carbocycles. The molecule has 1 unspecified atom stereocenters. The number of ether oxygens (including phenoxy) is 1. The van der Waals surface area contributed by atoms with Crippen molar-refractivity contribution in [3.05, 3.63) is 48.6 Å². The lowest BCUT2D eigenvalue weighted by Gasteiger charge is -2.07. The smallest absolute Gasteiger partial charge is 0.345 e. The number of hydrogen-bond acceptors (Lipinski definition) is 4. The van der Waals surface area contributed by atoms with Crippen LogP contribution in [0.3, 0.4) is 0 Å². The van der Waals surface area contributed by atoms with Crippen LogP contribution in [0.25, 0.3) is 0 Å². The van der Waals surface area contributed by atoms with E-state index in [9.17, 15) is 9.59 Å². The van der Waals surface area contributed by atoms with Crippen LogP contribution >= 0.6 is 0 Å². The summed E-state index contributed by atoms with van der Waals surface area (Å²) in [5, 5.41) is 0. The van der Waals surface area contributed by atoms with Gasteiger partial charge in [0.15, 0.2) is 0 Å². The van der Waals surface area contributed by atoms with Crippen LogP contribution in [0.1, 0.15) is 16.8 Å². The van der Waals surface area contributed by atoms with Crippen molar-refractivity contribution in [1.82, 2.24) is 0 Å². The second-order valence-corrected chi connectivity index (χ2v) is 3.21. The zero-order valence-electron chi connectivity index (χ0n) is 8.76. The van der Waals surface area contributed by atoms with E-state index < -0.39 is 18.0 Å². The molecule has 0 aliphatic heterocycles. The molecule has 1 aromatic carbocycles. The summed E-state index contributed by atoms with van der Waals surface area (Å²) in [6.45, 7) is 3.45. The van der Waals surface area contributed by atoms with Gasteiger partial charge in [0, 0.05) is 0 Å². The second kappa shape index (κ2) is 5.82. The van der Waals surface area contributed by atoms with E-state index in [2.05, 4.69) is 11.3 Å². The Morgan fingerprint density at radius 1 is 1.38 bits per heavy atom. The highest BCUT2D eigenvalue weighted by atomic mass is 16.6. The van der Waals surface area contributed by atoms with Crippen LogP contribution in [0.15, 0.2) is 43.0 Å². The van der Waals surface area contributed by atoms with Gasteiger partial charge in [0.25, 0.3) is 0 Å². The van der Waals surface area contributed by atoms with Gasteiger partial charge in [-0.05, 0) is 18.6 Å². The van der Waals surface area contributed by atoms with Gasteiger partial charge in [-0.2, -0.15) is 0 Å². The minimum atomic E-state index is -0.842. The van der Waals surface area contributed by atoms with E-state index in [0.29, 0.717) is 5.56 Å². The van der Waals surface area contributed by atoms with Gasteiger partial charge >= 0.3 is 11.9 Å². The lowest BCUT2D eigenvalue weighted by molar-refractivity contribution is -0.139. The maximum atomic E-state index is 11.4. The maximum Gasteiger partial charge on any atom is 0.345 e. The number of rotatable bonds is 4. The summed E-state index contributed by atoms with van der Waals surface area (Å²) in [6.07, 6.45) is 1.78. The zero-order chi connectivity index (χ0) is 12.0. The van der Waals surface area contributed by atoms with Crippen molar-refractivity contribution in [2.45, 2.75) is 12.5 Å². The molecular formula is C12H13NO3. The molecule has 1 aromatic rings. The van der Waals surface area contributed by atoms with Gasteiger partial charge in [0.1, 0.15) is 6.04 Å². The van der Waals surface area contributed by atoms with Crippen LogP contribution < -0.4 is 5.73 Å². The molecule has 4 heteroatoms. The summed E-state index contributed by atoms with van der Waals surface area (Å²) < 4.78 is 4.60. The fraction of sp³-hybridized carbons (Fsp3) is 0.167. The predicted molar refractivity (Wildman–Crippen MR) is 59.7 cm³/mol.